The lowest BCUT2D eigenvalue weighted by Crippen LogP contribution is -2.51. The minimum atomic E-state index is -3.90. The lowest BCUT2D eigenvalue weighted by Gasteiger charge is -2.32. The minimum Gasteiger partial charge on any atom is -0.354 e. The molecule has 0 saturated heterocycles. The van der Waals surface area contributed by atoms with Crippen molar-refractivity contribution in [1.29, 1.82) is 0 Å². The average Bonchev–Trinajstić information content (AvgIpc) is 2.79. The maximum Gasteiger partial charge on any atom is 0.243 e. The number of carbonyl (C=O) groups excluding carboxylic acids is 2. The lowest BCUT2D eigenvalue weighted by atomic mass is 10.1. The summed E-state index contributed by atoms with van der Waals surface area (Å²) in [7, 11) is -2.55. The van der Waals surface area contributed by atoms with Crippen LogP contribution in [0.15, 0.2) is 47.4 Å². The largest absolute Gasteiger partial charge is 0.354 e. The molecule has 0 bridgehead atoms. The molecule has 0 heterocycles. The van der Waals surface area contributed by atoms with Crippen molar-refractivity contribution >= 4 is 45.0 Å². The van der Waals surface area contributed by atoms with E-state index in [2.05, 4.69) is 5.32 Å². The Morgan fingerprint density at radius 2 is 1.71 bits per heavy atom. The van der Waals surface area contributed by atoms with Crippen molar-refractivity contribution in [2.45, 2.75) is 51.1 Å². The maximum atomic E-state index is 13.4. The van der Waals surface area contributed by atoms with Gasteiger partial charge in [-0.15, -0.1) is 0 Å². The fourth-order valence-electron chi connectivity index (χ4n) is 3.38. The van der Waals surface area contributed by atoms with Gasteiger partial charge in [-0.3, -0.25) is 9.59 Å². The first-order chi connectivity index (χ1) is 16.0. The molecule has 0 spiro atoms. The summed E-state index contributed by atoms with van der Waals surface area (Å²) in [5.74, 6) is -0.811. The molecule has 0 aliphatic heterocycles. The van der Waals surface area contributed by atoms with Gasteiger partial charge in [-0.2, -0.15) is 4.31 Å². The van der Waals surface area contributed by atoms with E-state index >= 15 is 0 Å². The third-order valence-electron chi connectivity index (χ3n) is 5.38. The highest BCUT2D eigenvalue weighted by Crippen LogP contribution is 2.24. The summed E-state index contributed by atoms with van der Waals surface area (Å²) in [6, 6.07) is 10.5. The molecule has 0 saturated carbocycles. The van der Waals surface area contributed by atoms with E-state index < -0.39 is 28.5 Å². The van der Waals surface area contributed by atoms with Crippen molar-refractivity contribution in [1.82, 2.24) is 14.5 Å². The third kappa shape index (κ3) is 7.18. The Kier molecular flexibility index (Phi) is 10.4. The van der Waals surface area contributed by atoms with Gasteiger partial charge < -0.3 is 10.2 Å². The Bertz CT molecular complexity index is 1110. The molecule has 2 amide bonds. The smallest absolute Gasteiger partial charge is 0.243 e. The van der Waals surface area contributed by atoms with Gasteiger partial charge in [0.15, 0.2) is 0 Å². The van der Waals surface area contributed by atoms with Crippen LogP contribution in [0.3, 0.4) is 0 Å². The number of halogens is 2. The molecule has 0 aliphatic rings. The van der Waals surface area contributed by atoms with E-state index in [9.17, 15) is 18.0 Å². The number of likely N-dealkylation sites (N-methyl/N-ethyl adjacent to an activating group) is 1. The molecule has 0 radical (unpaired) electrons. The summed E-state index contributed by atoms with van der Waals surface area (Å²) in [5, 5.41) is 3.63. The van der Waals surface area contributed by atoms with Crippen LogP contribution in [0.4, 0.5) is 0 Å². The molecule has 0 fully saturated rings. The Morgan fingerprint density at radius 1 is 1.06 bits per heavy atom. The number of nitrogens with zero attached hydrogens (tertiary/aromatic N) is 2. The second-order valence-corrected chi connectivity index (χ2v) is 10.9. The van der Waals surface area contributed by atoms with E-state index in [1.54, 1.807) is 37.3 Å². The van der Waals surface area contributed by atoms with Crippen LogP contribution in [0.2, 0.25) is 10.0 Å². The summed E-state index contributed by atoms with van der Waals surface area (Å²) in [5.41, 5.74) is 1.53. The molecule has 2 rings (SSSR count). The highest BCUT2D eigenvalue weighted by molar-refractivity contribution is 7.89. The number of benzene rings is 2. The Labute approximate surface area is 212 Å². The van der Waals surface area contributed by atoms with Gasteiger partial charge in [0.2, 0.25) is 21.8 Å². The molecular formula is C24H31Cl2N3O4S. The molecule has 34 heavy (non-hydrogen) atoms. The molecular weight excluding hydrogens is 497 g/mol. The first-order valence-corrected chi connectivity index (χ1v) is 13.2. The van der Waals surface area contributed by atoms with Gasteiger partial charge in [0.05, 0.1) is 11.4 Å². The molecule has 0 aliphatic carbocycles. The lowest BCUT2D eigenvalue weighted by molar-refractivity contribution is -0.141. The van der Waals surface area contributed by atoms with Crippen LogP contribution in [0.1, 0.15) is 37.8 Å². The maximum absolute atomic E-state index is 13.4. The van der Waals surface area contributed by atoms with Gasteiger partial charge in [0, 0.05) is 30.2 Å². The van der Waals surface area contributed by atoms with Gasteiger partial charge >= 0.3 is 0 Å². The van der Waals surface area contributed by atoms with Gasteiger partial charge in [-0.1, -0.05) is 60.8 Å². The molecule has 2 aromatic rings. The highest BCUT2D eigenvalue weighted by Gasteiger charge is 2.32. The number of hydrogen-bond donors (Lipinski definition) is 1. The first-order valence-electron chi connectivity index (χ1n) is 11.0. The molecule has 186 valence electrons. The number of aryl methyl sites for hydroxylation is 1. The van der Waals surface area contributed by atoms with Crippen molar-refractivity contribution in [3.8, 4) is 0 Å². The van der Waals surface area contributed by atoms with Gasteiger partial charge in [-0.05, 0) is 49.6 Å². The minimum absolute atomic E-state index is 0.0330. The molecule has 7 nitrogen and oxygen atoms in total. The first kappa shape index (κ1) is 28.1. The van der Waals surface area contributed by atoms with Crippen LogP contribution in [0.25, 0.3) is 0 Å². The predicted octanol–water partition coefficient (Wildman–Crippen LogP) is 4.26. The number of rotatable bonds is 11. The zero-order valence-corrected chi connectivity index (χ0v) is 22.2. The Morgan fingerprint density at radius 3 is 2.26 bits per heavy atom. The van der Waals surface area contributed by atoms with Crippen LogP contribution < -0.4 is 5.32 Å². The molecule has 0 aromatic heterocycles. The van der Waals surface area contributed by atoms with E-state index in [4.69, 9.17) is 23.2 Å². The quantitative estimate of drug-likeness (QED) is 0.473. The molecule has 1 atom stereocenters. The average molecular weight is 529 g/mol. The van der Waals surface area contributed by atoms with Crippen molar-refractivity contribution < 1.29 is 18.0 Å². The third-order valence-corrected chi connectivity index (χ3v) is 7.78. The molecule has 1 N–H and O–H groups in total. The fraction of sp³-hybridized carbons (Fsp3) is 0.417. The standard InChI is InChI=1S/C24H31Cl2N3O4S/c1-5-13-27-24(31)22(6-2)29(15-18-9-10-19(25)14-21(18)26)23(30)16-28(4)34(32,33)20-11-7-17(3)8-12-20/h7-12,14,22H,5-6,13,15-16H2,1-4H3,(H,27,31)/t22-/m1/s1. The number of carbonyl (C=O) groups is 2. The van der Waals surface area contributed by atoms with Gasteiger partial charge in [-0.25, -0.2) is 8.42 Å². The van der Waals surface area contributed by atoms with Crippen LogP contribution in [-0.4, -0.2) is 55.6 Å². The number of amides is 2. The van der Waals surface area contributed by atoms with Gasteiger partial charge in [0.1, 0.15) is 6.04 Å². The van der Waals surface area contributed by atoms with Crippen molar-refractivity contribution in [2.75, 3.05) is 20.1 Å². The molecule has 2 aromatic carbocycles. The monoisotopic (exact) mass is 527 g/mol. The van der Waals surface area contributed by atoms with Crippen molar-refractivity contribution in [3.63, 3.8) is 0 Å². The topological polar surface area (TPSA) is 86.8 Å². The summed E-state index contributed by atoms with van der Waals surface area (Å²) < 4.78 is 27.0. The normalized spacial score (nSPS) is 12.4. The van der Waals surface area contributed by atoms with Crippen molar-refractivity contribution in [3.05, 3.63) is 63.6 Å². The van der Waals surface area contributed by atoms with Crippen molar-refractivity contribution in [2.24, 2.45) is 0 Å². The summed E-state index contributed by atoms with van der Waals surface area (Å²) >= 11 is 12.3. The predicted molar refractivity (Wildman–Crippen MR) is 135 cm³/mol. The highest BCUT2D eigenvalue weighted by atomic mass is 35.5. The van der Waals surface area contributed by atoms with E-state index in [0.717, 1.165) is 16.3 Å². The van der Waals surface area contributed by atoms with Crippen LogP contribution >= 0.6 is 23.2 Å². The molecule has 0 unspecified atom stereocenters. The molecule has 10 heteroatoms. The Balaban J connectivity index is 2.34. The van der Waals surface area contributed by atoms with Crippen LogP contribution in [0.5, 0.6) is 0 Å². The van der Waals surface area contributed by atoms with E-state index in [1.165, 1.54) is 24.1 Å². The Hall–Kier alpha value is -2.13. The second kappa shape index (κ2) is 12.5. The number of sulfonamides is 1. The number of hydrogen-bond acceptors (Lipinski definition) is 4. The second-order valence-electron chi connectivity index (χ2n) is 8.05. The van der Waals surface area contributed by atoms with Gasteiger partial charge in [0.25, 0.3) is 0 Å². The van der Waals surface area contributed by atoms with Crippen LogP contribution in [-0.2, 0) is 26.2 Å². The van der Waals surface area contributed by atoms with E-state index in [0.29, 0.717) is 28.6 Å². The fourth-order valence-corrected chi connectivity index (χ4v) is 4.96. The summed E-state index contributed by atoms with van der Waals surface area (Å²) in [6.07, 6.45) is 1.09. The zero-order chi connectivity index (χ0) is 25.5. The summed E-state index contributed by atoms with van der Waals surface area (Å²) in [6.45, 7) is 5.66. The number of nitrogens with one attached hydrogen (secondary N) is 1. The van der Waals surface area contributed by atoms with E-state index in [-0.39, 0.29) is 17.3 Å². The van der Waals surface area contributed by atoms with E-state index in [1.807, 2.05) is 13.8 Å². The zero-order valence-electron chi connectivity index (χ0n) is 19.8. The van der Waals surface area contributed by atoms with Crippen LogP contribution in [0, 0.1) is 6.92 Å². The summed E-state index contributed by atoms with van der Waals surface area (Å²) in [4.78, 5) is 27.7. The SMILES string of the molecule is CCCNC(=O)[C@@H](CC)N(Cc1ccc(Cl)cc1Cl)C(=O)CN(C)S(=O)(=O)c1ccc(C)cc1.